The van der Waals surface area contributed by atoms with Gasteiger partial charge in [-0.15, -0.1) is 18.3 Å². The first-order chi connectivity index (χ1) is 13.0. The van der Waals surface area contributed by atoms with Crippen molar-refractivity contribution in [2.45, 2.75) is 9.79 Å². The van der Waals surface area contributed by atoms with E-state index >= 15 is 0 Å². The van der Waals surface area contributed by atoms with Crippen LogP contribution in [0, 0.1) is 0 Å². The number of thioether (sulfide) groups is 1. The third-order valence-electron chi connectivity index (χ3n) is 4.38. The molecule has 2 aromatic carbocycles. The molecule has 1 heterocycles. The molecule has 1 aliphatic heterocycles. The van der Waals surface area contributed by atoms with Gasteiger partial charge in [0.05, 0.1) is 10.5 Å². The number of carbonyl (C=O) groups excluding carboxylic acids is 1. The quantitative estimate of drug-likeness (QED) is 0.550. The molecule has 0 N–H and O–H groups in total. The summed E-state index contributed by atoms with van der Waals surface area (Å²) < 4.78 is 26.9. The third-order valence-corrected chi connectivity index (χ3v) is 7.36. The Balaban J connectivity index is 1.69. The fourth-order valence-electron chi connectivity index (χ4n) is 2.96. The maximum absolute atomic E-state index is 12.9. The Hall–Kier alpha value is -2.09. The van der Waals surface area contributed by atoms with Crippen molar-refractivity contribution >= 4 is 27.7 Å². The zero-order valence-electron chi connectivity index (χ0n) is 15.0. The smallest absolute Gasteiger partial charge is 0.255 e. The van der Waals surface area contributed by atoms with Crippen LogP contribution in [0.5, 0.6) is 0 Å². The summed E-state index contributed by atoms with van der Waals surface area (Å²) in [6.45, 7) is 5.07. The molecule has 0 spiro atoms. The molecule has 5 nitrogen and oxygen atoms in total. The van der Waals surface area contributed by atoms with Crippen LogP contribution >= 0.6 is 11.8 Å². The highest BCUT2D eigenvalue weighted by Crippen LogP contribution is 2.25. The summed E-state index contributed by atoms with van der Waals surface area (Å²) in [5.74, 6) is 0.673. The number of piperazine rings is 1. The van der Waals surface area contributed by atoms with Crippen molar-refractivity contribution in [1.29, 1.82) is 0 Å². The van der Waals surface area contributed by atoms with E-state index in [1.165, 1.54) is 4.31 Å². The minimum Gasteiger partial charge on any atom is -0.336 e. The number of nitrogens with zero attached hydrogens (tertiary/aromatic N) is 2. The number of amides is 1. The molecule has 0 radical (unpaired) electrons. The Morgan fingerprint density at radius 1 is 1.00 bits per heavy atom. The van der Waals surface area contributed by atoms with Gasteiger partial charge < -0.3 is 4.90 Å². The zero-order chi connectivity index (χ0) is 19.3. The summed E-state index contributed by atoms with van der Waals surface area (Å²) in [5.41, 5.74) is 0.656. The molecular formula is C20H22N2O3S2. The first-order valence-corrected chi connectivity index (χ1v) is 11.1. The van der Waals surface area contributed by atoms with Crippen LogP contribution in [-0.2, 0) is 10.0 Å². The Bertz CT molecular complexity index is 906. The van der Waals surface area contributed by atoms with Crippen molar-refractivity contribution in [3.63, 3.8) is 0 Å². The van der Waals surface area contributed by atoms with Crippen LogP contribution in [0.2, 0.25) is 0 Å². The Morgan fingerprint density at radius 3 is 2.30 bits per heavy atom. The normalized spacial score (nSPS) is 15.5. The van der Waals surface area contributed by atoms with Gasteiger partial charge in [0.2, 0.25) is 10.0 Å². The Kier molecular flexibility index (Phi) is 6.36. The average Bonchev–Trinajstić information content (AvgIpc) is 2.72. The molecule has 1 amide bonds. The standard InChI is InChI=1S/C20H22N2O3S2/c1-2-16-26-19-11-7-6-10-18(19)20(23)21-12-14-22(15-13-21)27(24,25)17-8-4-3-5-9-17/h2-11H,1,12-16H2. The van der Waals surface area contributed by atoms with Gasteiger partial charge in [-0.25, -0.2) is 8.42 Å². The van der Waals surface area contributed by atoms with Crippen LogP contribution < -0.4 is 0 Å². The third kappa shape index (κ3) is 4.43. The highest BCUT2D eigenvalue weighted by atomic mass is 32.2. The monoisotopic (exact) mass is 402 g/mol. The lowest BCUT2D eigenvalue weighted by atomic mass is 10.2. The second-order valence-corrected chi connectivity index (χ2v) is 9.10. The van der Waals surface area contributed by atoms with Crippen LogP contribution in [0.1, 0.15) is 10.4 Å². The molecule has 3 rings (SSSR count). The fourth-order valence-corrected chi connectivity index (χ4v) is 5.19. The first kappa shape index (κ1) is 19.7. The largest absolute Gasteiger partial charge is 0.336 e. The van der Waals surface area contributed by atoms with Gasteiger partial charge in [0, 0.05) is 36.8 Å². The van der Waals surface area contributed by atoms with Crippen molar-refractivity contribution in [2.75, 3.05) is 31.9 Å². The van der Waals surface area contributed by atoms with E-state index in [0.717, 1.165) is 10.6 Å². The molecule has 0 saturated carbocycles. The summed E-state index contributed by atoms with van der Waals surface area (Å²) in [6.07, 6.45) is 1.80. The zero-order valence-corrected chi connectivity index (χ0v) is 16.6. The first-order valence-electron chi connectivity index (χ1n) is 8.71. The van der Waals surface area contributed by atoms with Crippen molar-refractivity contribution in [1.82, 2.24) is 9.21 Å². The van der Waals surface area contributed by atoms with Gasteiger partial charge in [-0.05, 0) is 24.3 Å². The lowest BCUT2D eigenvalue weighted by Gasteiger charge is -2.34. The lowest BCUT2D eigenvalue weighted by molar-refractivity contribution is 0.0694. The second-order valence-electron chi connectivity index (χ2n) is 6.11. The molecule has 0 aliphatic carbocycles. The van der Waals surface area contributed by atoms with Gasteiger partial charge in [0.25, 0.3) is 5.91 Å². The molecule has 2 aromatic rings. The summed E-state index contributed by atoms with van der Waals surface area (Å²) >= 11 is 1.57. The number of sulfonamides is 1. The van der Waals surface area contributed by atoms with Crippen molar-refractivity contribution in [2.24, 2.45) is 0 Å². The number of benzene rings is 2. The molecule has 0 atom stereocenters. The van der Waals surface area contributed by atoms with Gasteiger partial charge in [-0.3, -0.25) is 4.79 Å². The lowest BCUT2D eigenvalue weighted by Crippen LogP contribution is -2.50. The molecule has 1 fully saturated rings. The minimum atomic E-state index is -3.52. The van der Waals surface area contributed by atoms with E-state index in [0.29, 0.717) is 31.7 Å². The van der Waals surface area contributed by atoms with Crippen molar-refractivity contribution < 1.29 is 13.2 Å². The summed E-state index contributed by atoms with van der Waals surface area (Å²) in [5, 5.41) is 0. The number of hydrogen-bond donors (Lipinski definition) is 0. The molecule has 1 saturated heterocycles. The summed E-state index contributed by atoms with van der Waals surface area (Å²) in [4.78, 5) is 15.9. The maximum atomic E-state index is 12.9. The molecule has 1 aliphatic rings. The van der Waals surface area contributed by atoms with Crippen LogP contribution in [0.3, 0.4) is 0 Å². The predicted octanol–water partition coefficient (Wildman–Crippen LogP) is 3.11. The maximum Gasteiger partial charge on any atom is 0.255 e. The van der Waals surface area contributed by atoms with E-state index in [4.69, 9.17) is 0 Å². The summed E-state index contributed by atoms with van der Waals surface area (Å²) in [7, 11) is -3.52. The van der Waals surface area contributed by atoms with Crippen LogP contribution in [-0.4, -0.2) is 55.5 Å². The Labute approximate surface area is 164 Å². The highest BCUT2D eigenvalue weighted by Gasteiger charge is 2.30. The van der Waals surface area contributed by atoms with Crippen molar-refractivity contribution in [3.8, 4) is 0 Å². The molecule has 0 unspecified atom stereocenters. The molecular weight excluding hydrogens is 380 g/mol. The topological polar surface area (TPSA) is 57.7 Å². The van der Waals surface area contributed by atoms with E-state index in [2.05, 4.69) is 6.58 Å². The van der Waals surface area contributed by atoms with E-state index < -0.39 is 10.0 Å². The molecule has 27 heavy (non-hydrogen) atoms. The minimum absolute atomic E-state index is 0.0566. The number of carbonyl (C=O) groups is 1. The highest BCUT2D eigenvalue weighted by molar-refractivity contribution is 7.99. The molecule has 0 bridgehead atoms. The van der Waals surface area contributed by atoms with Crippen LogP contribution in [0.15, 0.2) is 77.0 Å². The second kappa shape index (κ2) is 8.73. The SMILES string of the molecule is C=CCSc1ccccc1C(=O)N1CCN(S(=O)(=O)c2ccccc2)CC1. The predicted molar refractivity (Wildman–Crippen MR) is 108 cm³/mol. The molecule has 7 heteroatoms. The van der Waals surface area contributed by atoms with E-state index in [9.17, 15) is 13.2 Å². The van der Waals surface area contributed by atoms with E-state index in [1.54, 1.807) is 53.1 Å². The van der Waals surface area contributed by atoms with Gasteiger partial charge in [0.1, 0.15) is 0 Å². The van der Waals surface area contributed by atoms with Gasteiger partial charge >= 0.3 is 0 Å². The van der Waals surface area contributed by atoms with Gasteiger partial charge in [-0.2, -0.15) is 4.31 Å². The Morgan fingerprint density at radius 2 is 1.63 bits per heavy atom. The van der Waals surface area contributed by atoms with Crippen molar-refractivity contribution in [3.05, 3.63) is 72.8 Å². The van der Waals surface area contributed by atoms with E-state index in [-0.39, 0.29) is 10.8 Å². The average molecular weight is 403 g/mol. The fraction of sp³-hybridized carbons (Fsp3) is 0.250. The molecule has 142 valence electrons. The van der Waals surface area contributed by atoms with E-state index in [1.807, 2.05) is 24.3 Å². The van der Waals surface area contributed by atoms with Crippen LogP contribution in [0.4, 0.5) is 0 Å². The van der Waals surface area contributed by atoms with Crippen LogP contribution in [0.25, 0.3) is 0 Å². The number of hydrogen-bond acceptors (Lipinski definition) is 4. The van der Waals surface area contributed by atoms with Gasteiger partial charge in [-0.1, -0.05) is 36.4 Å². The molecule has 0 aromatic heterocycles. The van der Waals surface area contributed by atoms with Gasteiger partial charge in [0.15, 0.2) is 0 Å². The summed E-state index contributed by atoms with van der Waals surface area (Å²) in [6, 6.07) is 15.9. The number of rotatable bonds is 6.